The van der Waals surface area contributed by atoms with Gasteiger partial charge in [-0.25, -0.2) is 0 Å². The molecule has 1 aromatic heterocycles. The number of hydrogen-bond acceptors (Lipinski definition) is 3. The van der Waals surface area contributed by atoms with Crippen LogP contribution >= 0.6 is 12.2 Å². The molecule has 1 aromatic carbocycles. The Morgan fingerprint density at radius 2 is 2.16 bits per heavy atom. The Balaban J connectivity index is 2.20. The van der Waals surface area contributed by atoms with E-state index in [-0.39, 0.29) is 11.8 Å². The molecule has 4 nitrogen and oxygen atoms in total. The number of carbonyl (C=O) groups is 1. The average molecular weight is 273 g/mol. The Morgan fingerprint density at radius 3 is 2.89 bits per heavy atom. The molecule has 3 N–H and O–H groups in total. The number of amides is 1. The van der Waals surface area contributed by atoms with E-state index in [0.29, 0.717) is 17.2 Å². The van der Waals surface area contributed by atoms with Gasteiger partial charge in [0.2, 0.25) is 0 Å². The van der Waals surface area contributed by atoms with E-state index in [0.717, 1.165) is 10.8 Å². The first-order chi connectivity index (χ1) is 9.09. The van der Waals surface area contributed by atoms with Crippen LogP contribution in [0.4, 0.5) is 0 Å². The number of hydrogen-bond donors (Lipinski definition) is 2. The maximum Gasteiger partial charge on any atom is 0.270 e. The molecule has 0 saturated carbocycles. The maximum atomic E-state index is 12.1. The maximum absolute atomic E-state index is 12.1. The number of rotatable bonds is 4. The minimum Gasteiger partial charge on any atom is -0.393 e. The summed E-state index contributed by atoms with van der Waals surface area (Å²) in [5, 5.41) is 4.63. The molecule has 1 amide bonds. The second-order valence-electron chi connectivity index (χ2n) is 4.39. The van der Waals surface area contributed by atoms with Gasteiger partial charge in [0.15, 0.2) is 0 Å². The second-order valence-corrected chi connectivity index (χ2v) is 4.87. The van der Waals surface area contributed by atoms with Gasteiger partial charge in [0.25, 0.3) is 5.91 Å². The summed E-state index contributed by atoms with van der Waals surface area (Å²) in [6.45, 7) is 2.29. The number of pyridine rings is 1. The molecule has 5 heteroatoms. The predicted molar refractivity (Wildman–Crippen MR) is 80.0 cm³/mol. The molecule has 0 bridgehead atoms. The first-order valence-corrected chi connectivity index (χ1v) is 6.41. The van der Waals surface area contributed by atoms with Crippen LogP contribution in [0, 0.1) is 5.92 Å². The van der Waals surface area contributed by atoms with Gasteiger partial charge in [0, 0.05) is 24.0 Å². The number of thiocarbonyl (C=S) groups is 1. The van der Waals surface area contributed by atoms with E-state index in [1.807, 2.05) is 37.3 Å². The molecular weight excluding hydrogens is 258 g/mol. The highest BCUT2D eigenvalue weighted by Gasteiger charge is 2.13. The standard InChI is InChI=1S/C14H15N3OS/c1-9(13(15)19)8-17-14(18)12-11-5-3-2-4-10(11)6-7-16-12/h2-7,9H,8H2,1H3,(H2,15,19)(H,17,18). The minimum atomic E-state index is -0.208. The second kappa shape index (κ2) is 5.75. The van der Waals surface area contributed by atoms with Crippen molar-refractivity contribution in [2.45, 2.75) is 6.92 Å². The van der Waals surface area contributed by atoms with Crippen molar-refractivity contribution in [3.63, 3.8) is 0 Å². The molecule has 0 aliphatic rings. The molecule has 0 aliphatic carbocycles. The van der Waals surface area contributed by atoms with Crippen molar-refractivity contribution < 1.29 is 4.79 Å². The highest BCUT2D eigenvalue weighted by molar-refractivity contribution is 7.80. The molecule has 0 radical (unpaired) electrons. The van der Waals surface area contributed by atoms with Gasteiger partial charge in [0.1, 0.15) is 5.69 Å². The number of nitrogens with two attached hydrogens (primary N) is 1. The van der Waals surface area contributed by atoms with Crippen LogP contribution in [0.3, 0.4) is 0 Å². The molecule has 0 fully saturated rings. The van der Waals surface area contributed by atoms with E-state index >= 15 is 0 Å². The number of nitrogens with one attached hydrogen (secondary N) is 1. The van der Waals surface area contributed by atoms with Crippen LogP contribution in [0.1, 0.15) is 17.4 Å². The van der Waals surface area contributed by atoms with E-state index in [9.17, 15) is 4.79 Å². The fraction of sp³-hybridized carbons (Fsp3) is 0.214. The van der Waals surface area contributed by atoms with E-state index in [2.05, 4.69) is 10.3 Å². The summed E-state index contributed by atoms with van der Waals surface area (Å²) >= 11 is 4.87. The average Bonchev–Trinajstić information content (AvgIpc) is 2.43. The molecular formula is C14H15N3OS. The van der Waals surface area contributed by atoms with Crippen LogP contribution in [0.5, 0.6) is 0 Å². The summed E-state index contributed by atoms with van der Waals surface area (Å²) in [6.07, 6.45) is 1.63. The van der Waals surface area contributed by atoms with Gasteiger partial charge in [-0.2, -0.15) is 0 Å². The molecule has 19 heavy (non-hydrogen) atoms. The van der Waals surface area contributed by atoms with Crippen molar-refractivity contribution in [3.8, 4) is 0 Å². The summed E-state index contributed by atoms with van der Waals surface area (Å²) in [5.41, 5.74) is 5.94. The molecule has 0 spiro atoms. The Morgan fingerprint density at radius 1 is 1.42 bits per heavy atom. The van der Waals surface area contributed by atoms with Gasteiger partial charge >= 0.3 is 0 Å². The summed E-state index contributed by atoms with van der Waals surface area (Å²) in [6, 6.07) is 9.53. The van der Waals surface area contributed by atoms with Crippen LogP contribution in [0.15, 0.2) is 36.5 Å². The number of fused-ring (bicyclic) bond motifs is 1. The van der Waals surface area contributed by atoms with Crippen LogP contribution in [0.25, 0.3) is 10.8 Å². The first kappa shape index (κ1) is 13.4. The minimum absolute atomic E-state index is 0.0334. The third-order valence-electron chi connectivity index (χ3n) is 2.94. The topological polar surface area (TPSA) is 68.0 Å². The molecule has 1 unspecified atom stereocenters. The summed E-state index contributed by atoms with van der Waals surface area (Å²) < 4.78 is 0. The molecule has 0 aliphatic heterocycles. The number of aromatic nitrogens is 1. The van der Waals surface area contributed by atoms with Gasteiger partial charge in [-0.05, 0) is 11.5 Å². The van der Waals surface area contributed by atoms with Gasteiger partial charge in [0.05, 0.1) is 4.99 Å². The van der Waals surface area contributed by atoms with Crippen molar-refractivity contribution in [1.82, 2.24) is 10.3 Å². The number of benzene rings is 1. The molecule has 1 heterocycles. The largest absolute Gasteiger partial charge is 0.393 e. The Kier molecular flexibility index (Phi) is 4.06. The van der Waals surface area contributed by atoms with Crippen molar-refractivity contribution >= 4 is 33.9 Å². The van der Waals surface area contributed by atoms with Crippen LogP contribution in [0.2, 0.25) is 0 Å². The lowest BCUT2D eigenvalue weighted by molar-refractivity contribution is 0.0948. The molecule has 2 aromatic rings. The highest BCUT2D eigenvalue weighted by atomic mass is 32.1. The lowest BCUT2D eigenvalue weighted by Crippen LogP contribution is -2.34. The number of carbonyl (C=O) groups excluding carboxylic acids is 1. The van der Waals surface area contributed by atoms with E-state index in [1.54, 1.807) is 6.20 Å². The molecule has 1 atom stereocenters. The van der Waals surface area contributed by atoms with E-state index in [4.69, 9.17) is 18.0 Å². The fourth-order valence-electron chi connectivity index (χ4n) is 1.73. The van der Waals surface area contributed by atoms with Gasteiger partial charge < -0.3 is 11.1 Å². The SMILES string of the molecule is CC(CNC(=O)c1nccc2ccccc12)C(N)=S. The zero-order valence-electron chi connectivity index (χ0n) is 10.6. The Labute approximate surface area is 117 Å². The van der Waals surface area contributed by atoms with E-state index < -0.39 is 0 Å². The first-order valence-electron chi connectivity index (χ1n) is 6.01. The molecule has 2 rings (SSSR count). The lowest BCUT2D eigenvalue weighted by atomic mass is 10.1. The zero-order chi connectivity index (χ0) is 13.8. The van der Waals surface area contributed by atoms with Gasteiger partial charge in [-0.15, -0.1) is 0 Å². The van der Waals surface area contributed by atoms with E-state index in [1.165, 1.54) is 0 Å². The molecule has 98 valence electrons. The summed E-state index contributed by atoms with van der Waals surface area (Å²) in [5.74, 6) is -0.242. The number of nitrogens with zero attached hydrogens (tertiary/aromatic N) is 1. The van der Waals surface area contributed by atoms with Crippen LogP contribution < -0.4 is 11.1 Å². The van der Waals surface area contributed by atoms with Crippen LogP contribution in [-0.2, 0) is 0 Å². The van der Waals surface area contributed by atoms with Crippen LogP contribution in [-0.4, -0.2) is 22.4 Å². The lowest BCUT2D eigenvalue weighted by Gasteiger charge is -2.11. The van der Waals surface area contributed by atoms with Crippen molar-refractivity contribution in [3.05, 3.63) is 42.2 Å². The smallest absolute Gasteiger partial charge is 0.270 e. The quantitative estimate of drug-likeness (QED) is 0.835. The fourth-order valence-corrected chi connectivity index (χ4v) is 1.81. The third-order valence-corrected chi connectivity index (χ3v) is 3.35. The zero-order valence-corrected chi connectivity index (χ0v) is 11.4. The molecule has 0 saturated heterocycles. The monoisotopic (exact) mass is 273 g/mol. The van der Waals surface area contributed by atoms with Crippen molar-refractivity contribution in [2.75, 3.05) is 6.54 Å². The van der Waals surface area contributed by atoms with Crippen molar-refractivity contribution in [1.29, 1.82) is 0 Å². The van der Waals surface area contributed by atoms with Crippen molar-refractivity contribution in [2.24, 2.45) is 11.7 Å². The Hall–Kier alpha value is -2.01. The summed E-state index contributed by atoms with van der Waals surface area (Å²) in [7, 11) is 0. The Bertz CT molecular complexity index is 622. The highest BCUT2D eigenvalue weighted by Crippen LogP contribution is 2.16. The normalized spacial score (nSPS) is 12.1. The third kappa shape index (κ3) is 3.06. The van der Waals surface area contributed by atoms with Gasteiger partial charge in [-0.3, -0.25) is 9.78 Å². The predicted octanol–water partition coefficient (Wildman–Crippen LogP) is 1.89. The summed E-state index contributed by atoms with van der Waals surface area (Å²) in [4.78, 5) is 16.7. The van der Waals surface area contributed by atoms with Gasteiger partial charge in [-0.1, -0.05) is 43.4 Å².